The second-order valence-electron chi connectivity index (χ2n) is 6.88. The van der Waals surface area contributed by atoms with Crippen molar-refractivity contribution in [3.05, 3.63) is 59.3 Å². The van der Waals surface area contributed by atoms with E-state index in [1.54, 1.807) is 16.9 Å². The zero-order valence-corrected chi connectivity index (χ0v) is 15.8. The molecule has 0 aliphatic rings. The van der Waals surface area contributed by atoms with Gasteiger partial charge in [0.15, 0.2) is 0 Å². The van der Waals surface area contributed by atoms with Gasteiger partial charge in [0.1, 0.15) is 0 Å². The molecule has 0 unspecified atom stereocenters. The first-order chi connectivity index (χ1) is 13.2. The molecule has 8 heteroatoms. The van der Waals surface area contributed by atoms with Gasteiger partial charge in [-0.05, 0) is 41.3 Å². The van der Waals surface area contributed by atoms with E-state index in [0.717, 1.165) is 23.0 Å². The van der Waals surface area contributed by atoms with Gasteiger partial charge < -0.3 is 10.6 Å². The maximum absolute atomic E-state index is 13.0. The van der Waals surface area contributed by atoms with Crippen molar-refractivity contribution in [3.63, 3.8) is 0 Å². The number of hydrogen-bond acceptors (Lipinski definition) is 2. The van der Waals surface area contributed by atoms with E-state index in [4.69, 9.17) is 0 Å². The number of aryl methyl sites for hydroxylation is 1. The van der Waals surface area contributed by atoms with Crippen LogP contribution in [0, 0.1) is 0 Å². The molecule has 5 nitrogen and oxygen atoms in total. The monoisotopic (exact) mass is 390 g/mol. The minimum atomic E-state index is -4.39. The lowest BCUT2D eigenvalue weighted by molar-refractivity contribution is -0.137. The van der Waals surface area contributed by atoms with Crippen LogP contribution in [0.1, 0.15) is 36.5 Å². The summed E-state index contributed by atoms with van der Waals surface area (Å²) < 4.78 is 40.6. The normalized spacial score (nSPS) is 11.8. The Morgan fingerprint density at radius 3 is 2.64 bits per heavy atom. The largest absolute Gasteiger partial charge is 0.416 e. The summed E-state index contributed by atoms with van der Waals surface area (Å²) in [4.78, 5) is 12.3. The van der Waals surface area contributed by atoms with E-state index in [-0.39, 0.29) is 12.5 Å². The van der Waals surface area contributed by atoms with Crippen LogP contribution in [0.25, 0.3) is 10.9 Å². The molecule has 0 bridgehead atoms. The Kier molecular flexibility index (Phi) is 5.31. The quantitative estimate of drug-likeness (QED) is 0.656. The van der Waals surface area contributed by atoms with E-state index in [9.17, 15) is 18.0 Å². The molecule has 2 N–H and O–H groups in total. The first-order valence-electron chi connectivity index (χ1n) is 8.82. The van der Waals surface area contributed by atoms with Crippen LogP contribution in [0.3, 0.4) is 0 Å². The van der Waals surface area contributed by atoms with Crippen molar-refractivity contribution < 1.29 is 18.0 Å². The summed E-state index contributed by atoms with van der Waals surface area (Å²) in [6.07, 6.45) is -2.73. The van der Waals surface area contributed by atoms with Gasteiger partial charge in [0.2, 0.25) is 0 Å². The average Bonchev–Trinajstić information content (AvgIpc) is 3.01. The molecule has 28 heavy (non-hydrogen) atoms. The number of halogens is 3. The Morgan fingerprint density at radius 2 is 1.96 bits per heavy atom. The predicted octanol–water partition coefficient (Wildman–Crippen LogP) is 5.04. The molecule has 148 valence electrons. The molecule has 0 saturated carbocycles. The summed E-state index contributed by atoms with van der Waals surface area (Å²) in [6.45, 7) is 3.77. The van der Waals surface area contributed by atoms with Crippen molar-refractivity contribution in [2.24, 2.45) is 7.05 Å². The molecular formula is C20H21F3N4O. The first-order valence-corrected chi connectivity index (χ1v) is 8.82. The molecule has 0 spiro atoms. The Bertz CT molecular complexity index is 1010. The lowest BCUT2D eigenvalue weighted by atomic mass is 9.94. The van der Waals surface area contributed by atoms with Gasteiger partial charge in [-0.1, -0.05) is 26.0 Å². The summed E-state index contributed by atoms with van der Waals surface area (Å²) in [5, 5.41) is 10.5. The van der Waals surface area contributed by atoms with Crippen molar-refractivity contribution >= 4 is 22.6 Å². The molecule has 3 aromatic rings. The zero-order valence-electron chi connectivity index (χ0n) is 15.8. The minimum Gasteiger partial charge on any atom is -0.334 e. The Balaban J connectivity index is 1.73. The number of anilines is 1. The van der Waals surface area contributed by atoms with Crippen LogP contribution < -0.4 is 10.6 Å². The van der Waals surface area contributed by atoms with E-state index in [1.165, 1.54) is 6.07 Å². The summed E-state index contributed by atoms with van der Waals surface area (Å²) in [5.41, 5.74) is 2.01. The highest BCUT2D eigenvalue weighted by Gasteiger charge is 2.31. The number of carbonyl (C=O) groups is 1. The molecule has 0 aliphatic carbocycles. The van der Waals surface area contributed by atoms with E-state index in [0.29, 0.717) is 16.8 Å². The van der Waals surface area contributed by atoms with Crippen LogP contribution in [-0.2, 0) is 19.8 Å². The van der Waals surface area contributed by atoms with Gasteiger partial charge in [0.25, 0.3) is 0 Å². The first kappa shape index (κ1) is 19.7. The van der Waals surface area contributed by atoms with Crippen LogP contribution in [0.2, 0.25) is 0 Å². The van der Waals surface area contributed by atoms with Gasteiger partial charge in [-0.2, -0.15) is 18.3 Å². The molecular weight excluding hydrogens is 369 g/mol. The summed E-state index contributed by atoms with van der Waals surface area (Å²) in [6, 6.07) is 8.63. The summed E-state index contributed by atoms with van der Waals surface area (Å²) in [7, 11) is 1.81. The lowest BCUT2D eigenvalue weighted by Crippen LogP contribution is -2.28. The van der Waals surface area contributed by atoms with Crippen molar-refractivity contribution in [1.82, 2.24) is 15.1 Å². The van der Waals surface area contributed by atoms with Crippen molar-refractivity contribution in [1.29, 1.82) is 0 Å². The van der Waals surface area contributed by atoms with E-state index >= 15 is 0 Å². The maximum Gasteiger partial charge on any atom is 0.416 e. The number of urea groups is 1. The standard InChI is InChI=1S/C20H21F3N4O/c1-12(2)15-9-14(20(21,22)23)8-7-13(15)10-24-19(28)26-17-5-4-6-18-16(17)11-25-27(18)3/h4-9,11-12H,10H2,1-3H3,(H2,24,26,28). The fourth-order valence-electron chi connectivity index (χ4n) is 3.10. The molecule has 1 aromatic heterocycles. The van der Waals surface area contributed by atoms with E-state index < -0.39 is 17.8 Å². The van der Waals surface area contributed by atoms with Crippen LogP contribution in [0.4, 0.5) is 23.7 Å². The molecule has 0 aliphatic heterocycles. The Hall–Kier alpha value is -3.03. The van der Waals surface area contributed by atoms with Gasteiger partial charge in [0.05, 0.1) is 23.0 Å². The third-order valence-electron chi connectivity index (χ3n) is 4.57. The minimum absolute atomic E-state index is 0.105. The second kappa shape index (κ2) is 7.53. The predicted molar refractivity (Wildman–Crippen MR) is 102 cm³/mol. The number of benzene rings is 2. The lowest BCUT2D eigenvalue weighted by Gasteiger charge is -2.17. The molecule has 2 amide bonds. The third kappa shape index (κ3) is 4.11. The van der Waals surface area contributed by atoms with E-state index in [1.807, 2.05) is 33.0 Å². The van der Waals surface area contributed by atoms with Gasteiger partial charge >= 0.3 is 12.2 Å². The summed E-state index contributed by atoms with van der Waals surface area (Å²) in [5.74, 6) is -0.105. The molecule has 2 aromatic carbocycles. The Morgan fingerprint density at radius 1 is 1.21 bits per heavy atom. The number of aromatic nitrogens is 2. The molecule has 1 heterocycles. The van der Waals surface area contributed by atoms with E-state index in [2.05, 4.69) is 15.7 Å². The molecule has 3 rings (SSSR count). The average molecular weight is 390 g/mol. The molecule has 0 fully saturated rings. The smallest absolute Gasteiger partial charge is 0.334 e. The third-order valence-corrected chi connectivity index (χ3v) is 4.57. The highest BCUT2D eigenvalue weighted by Crippen LogP contribution is 2.32. The van der Waals surface area contributed by atoms with Crippen LogP contribution in [0.5, 0.6) is 0 Å². The topological polar surface area (TPSA) is 59.0 Å². The van der Waals surface area contributed by atoms with Crippen LogP contribution in [-0.4, -0.2) is 15.8 Å². The maximum atomic E-state index is 13.0. The van der Waals surface area contributed by atoms with Gasteiger partial charge in [-0.15, -0.1) is 0 Å². The van der Waals surface area contributed by atoms with Crippen molar-refractivity contribution in [3.8, 4) is 0 Å². The number of carbonyl (C=O) groups excluding carboxylic acids is 1. The van der Waals surface area contributed by atoms with Gasteiger partial charge in [0, 0.05) is 19.0 Å². The number of amides is 2. The van der Waals surface area contributed by atoms with Gasteiger partial charge in [-0.25, -0.2) is 4.79 Å². The highest BCUT2D eigenvalue weighted by molar-refractivity contribution is 6.00. The second-order valence-corrected chi connectivity index (χ2v) is 6.88. The van der Waals surface area contributed by atoms with Crippen molar-refractivity contribution in [2.75, 3.05) is 5.32 Å². The molecule has 0 atom stereocenters. The number of alkyl halides is 3. The van der Waals surface area contributed by atoms with Crippen LogP contribution in [0.15, 0.2) is 42.6 Å². The molecule has 0 radical (unpaired) electrons. The number of hydrogen-bond donors (Lipinski definition) is 2. The fraction of sp³-hybridized carbons (Fsp3) is 0.300. The number of nitrogens with zero attached hydrogens (tertiary/aromatic N) is 2. The highest BCUT2D eigenvalue weighted by atomic mass is 19.4. The van der Waals surface area contributed by atoms with Crippen molar-refractivity contribution in [2.45, 2.75) is 32.5 Å². The fourth-order valence-corrected chi connectivity index (χ4v) is 3.10. The molecule has 0 saturated heterocycles. The SMILES string of the molecule is CC(C)c1cc(C(F)(F)F)ccc1CNC(=O)Nc1cccc2c1cnn2C. The summed E-state index contributed by atoms with van der Waals surface area (Å²) >= 11 is 0. The zero-order chi connectivity index (χ0) is 20.5. The van der Waals surface area contributed by atoms with Crippen LogP contribution >= 0.6 is 0 Å². The number of rotatable bonds is 4. The number of nitrogens with one attached hydrogen (secondary N) is 2. The number of fused-ring (bicyclic) bond motifs is 1. The van der Waals surface area contributed by atoms with Gasteiger partial charge in [-0.3, -0.25) is 4.68 Å². The Labute approximate surface area is 160 Å².